The molecule has 0 spiro atoms. The Labute approximate surface area is 137 Å². The number of carbonyl (C=O) groups is 2. The van der Waals surface area contributed by atoms with E-state index in [-0.39, 0.29) is 21.5 Å². The molecule has 1 heterocycles. The SMILES string of the molecule is O=PCN1CCN(CC(=O)O)CCNCCN(CC(=O)O)CC1. The van der Waals surface area contributed by atoms with Gasteiger partial charge in [0.25, 0.3) is 0 Å². The second-order valence-corrected chi connectivity index (χ2v) is 6.02. The zero-order valence-corrected chi connectivity index (χ0v) is 14.1. The maximum absolute atomic E-state index is 10.9. The summed E-state index contributed by atoms with van der Waals surface area (Å²) in [6, 6.07) is 0. The minimum Gasteiger partial charge on any atom is -0.480 e. The van der Waals surface area contributed by atoms with Crippen LogP contribution < -0.4 is 5.32 Å². The van der Waals surface area contributed by atoms with Crippen molar-refractivity contribution in [1.82, 2.24) is 20.0 Å². The molecule has 1 aliphatic heterocycles. The van der Waals surface area contributed by atoms with Gasteiger partial charge in [0.05, 0.1) is 19.4 Å². The Morgan fingerprint density at radius 1 is 0.826 bits per heavy atom. The van der Waals surface area contributed by atoms with Crippen molar-refractivity contribution < 1.29 is 24.4 Å². The molecular weight excluding hydrogens is 323 g/mol. The first-order chi connectivity index (χ1) is 11.0. The molecule has 0 amide bonds. The summed E-state index contributed by atoms with van der Waals surface area (Å²) in [5.74, 6) is -1.73. The van der Waals surface area contributed by atoms with Crippen molar-refractivity contribution in [3.05, 3.63) is 0 Å². The van der Waals surface area contributed by atoms with Crippen molar-refractivity contribution in [1.29, 1.82) is 0 Å². The average molecular weight is 348 g/mol. The number of nitrogens with one attached hydrogen (secondary N) is 1. The third kappa shape index (κ3) is 9.58. The van der Waals surface area contributed by atoms with E-state index < -0.39 is 11.9 Å². The van der Waals surface area contributed by atoms with Gasteiger partial charge in [-0.15, -0.1) is 0 Å². The van der Waals surface area contributed by atoms with Crippen LogP contribution in [0.2, 0.25) is 0 Å². The molecule has 0 aromatic rings. The van der Waals surface area contributed by atoms with Crippen molar-refractivity contribution in [3.63, 3.8) is 0 Å². The lowest BCUT2D eigenvalue weighted by Crippen LogP contribution is -2.46. The lowest BCUT2D eigenvalue weighted by Gasteiger charge is -2.29. The molecule has 3 N–H and O–H groups in total. The minimum atomic E-state index is -0.863. The Morgan fingerprint density at radius 3 is 1.65 bits per heavy atom. The third-order valence-electron chi connectivity index (χ3n) is 3.65. The summed E-state index contributed by atoms with van der Waals surface area (Å²) in [6.07, 6.45) is 0.361. The predicted octanol–water partition coefficient (Wildman–Crippen LogP) is -1.09. The van der Waals surface area contributed by atoms with Crippen molar-refractivity contribution in [2.45, 2.75) is 0 Å². The highest BCUT2D eigenvalue weighted by molar-refractivity contribution is 7.23. The van der Waals surface area contributed by atoms with Gasteiger partial charge >= 0.3 is 11.9 Å². The highest BCUT2D eigenvalue weighted by Gasteiger charge is 2.16. The van der Waals surface area contributed by atoms with E-state index in [9.17, 15) is 14.2 Å². The quantitative estimate of drug-likeness (QED) is 0.516. The average Bonchev–Trinajstić information content (AvgIpc) is 2.46. The van der Waals surface area contributed by atoms with E-state index in [1.54, 1.807) is 0 Å². The van der Waals surface area contributed by atoms with Gasteiger partial charge < -0.3 is 15.5 Å². The zero-order valence-electron chi connectivity index (χ0n) is 13.2. The topological polar surface area (TPSA) is 113 Å². The molecule has 132 valence electrons. The van der Waals surface area contributed by atoms with Gasteiger partial charge in [0.2, 0.25) is 0 Å². The van der Waals surface area contributed by atoms with E-state index >= 15 is 0 Å². The van der Waals surface area contributed by atoms with E-state index in [1.807, 2.05) is 14.7 Å². The zero-order chi connectivity index (χ0) is 17.1. The summed E-state index contributed by atoms with van der Waals surface area (Å²) in [4.78, 5) is 27.5. The number of rotatable bonds is 6. The maximum Gasteiger partial charge on any atom is 0.317 e. The first kappa shape index (κ1) is 19.9. The van der Waals surface area contributed by atoms with Crippen molar-refractivity contribution >= 4 is 20.4 Å². The molecule has 0 aromatic carbocycles. The maximum atomic E-state index is 10.9. The molecule has 0 radical (unpaired) electrons. The molecule has 10 heteroatoms. The van der Waals surface area contributed by atoms with E-state index in [1.165, 1.54) is 0 Å². The predicted molar refractivity (Wildman–Crippen MR) is 85.1 cm³/mol. The third-order valence-corrected chi connectivity index (χ3v) is 4.17. The molecule has 9 nitrogen and oxygen atoms in total. The highest BCUT2D eigenvalue weighted by atomic mass is 31.1. The molecule has 0 saturated carbocycles. The normalized spacial score (nSPS) is 20.7. The molecule has 1 fully saturated rings. The van der Waals surface area contributed by atoms with Crippen LogP contribution in [0.4, 0.5) is 0 Å². The fourth-order valence-corrected chi connectivity index (χ4v) is 2.87. The number of hydrogen-bond acceptors (Lipinski definition) is 7. The molecule has 1 rings (SSSR count). The molecule has 0 atom stereocenters. The van der Waals surface area contributed by atoms with E-state index in [2.05, 4.69) is 5.32 Å². The fourth-order valence-electron chi connectivity index (χ4n) is 2.42. The van der Waals surface area contributed by atoms with Gasteiger partial charge in [-0.05, 0) is 0 Å². The second-order valence-electron chi connectivity index (χ2n) is 5.48. The van der Waals surface area contributed by atoms with Gasteiger partial charge in [-0.1, -0.05) is 0 Å². The first-order valence-electron chi connectivity index (χ1n) is 7.61. The lowest BCUT2D eigenvalue weighted by molar-refractivity contribution is -0.139. The first-order valence-corrected chi connectivity index (χ1v) is 8.61. The molecule has 1 saturated heterocycles. The highest BCUT2D eigenvalue weighted by Crippen LogP contribution is 2.02. The van der Waals surface area contributed by atoms with Crippen LogP contribution in [0.3, 0.4) is 0 Å². The van der Waals surface area contributed by atoms with Gasteiger partial charge in [-0.2, -0.15) is 0 Å². The van der Waals surface area contributed by atoms with Gasteiger partial charge in [-0.3, -0.25) is 28.9 Å². The van der Waals surface area contributed by atoms with Gasteiger partial charge in [-0.25, -0.2) is 0 Å². The number of aliphatic carboxylic acids is 2. The molecule has 23 heavy (non-hydrogen) atoms. The smallest absolute Gasteiger partial charge is 0.317 e. The Bertz CT molecular complexity index is 369. The van der Waals surface area contributed by atoms with Crippen LogP contribution in [0.15, 0.2) is 0 Å². The molecular formula is C13H25N4O5P. The number of nitrogens with zero attached hydrogens (tertiary/aromatic N) is 3. The van der Waals surface area contributed by atoms with Crippen LogP contribution in [-0.4, -0.2) is 109 Å². The van der Waals surface area contributed by atoms with E-state index in [0.717, 1.165) is 0 Å². The Morgan fingerprint density at radius 2 is 1.26 bits per heavy atom. The van der Waals surface area contributed by atoms with Gasteiger partial charge in [0, 0.05) is 52.4 Å². The summed E-state index contributed by atoms with van der Waals surface area (Å²) in [7, 11) is 0.00804. The summed E-state index contributed by atoms with van der Waals surface area (Å²) < 4.78 is 10.9. The second kappa shape index (κ2) is 11.4. The monoisotopic (exact) mass is 348 g/mol. The van der Waals surface area contributed by atoms with Crippen LogP contribution in [-0.2, 0) is 14.2 Å². The van der Waals surface area contributed by atoms with Crippen LogP contribution >= 0.6 is 8.46 Å². The van der Waals surface area contributed by atoms with Crippen molar-refractivity contribution in [3.8, 4) is 0 Å². The van der Waals surface area contributed by atoms with E-state index in [0.29, 0.717) is 58.6 Å². The standard InChI is InChI=1S/C13H25N4O5P/c18-12(19)9-15-3-1-14-2-4-16(10-13(20)21)6-8-17(7-5-15)11-23-22/h14H,1-11H2,(H,18,19)(H,20,21). The van der Waals surface area contributed by atoms with Crippen LogP contribution in [0, 0.1) is 0 Å². The van der Waals surface area contributed by atoms with E-state index in [4.69, 9.17) is 10.2 Å². The summed E-state index contributed by atoms with van der Waals surface area (Å²) >= 11 is 0. The Hall–Kier alpha value is -1.12. The molecule has 0 bridgehead atoms. The number of hydrogen-bond donors (Lipinski definition) is 3. The summed E-state index contributed by atoms with van der Waals surface area (Å²) in [6.45, 7) is 4.81. The Balaban J connectivity index is 2.62. The van der Waals surface area contributed by atoms with Crippen molar-refractivity contribution in [2.75, 3.05) is 71.7 Å². The lowest BCUT2D eigenvalue weighted by atomic mass is 10.3. The number of carboxylic acids is 2. The van der Waals surface area contributed by atoms with Gasteiger partial charge in [0.1, 0.15) is 0 Å². The van der Waals surface area contributed by atoms with Gasteiger partial charge in [0.15, 0.2) is 8.46 Å². The van der Waals surface area contributed by atoms with Crippen LogP contribution in [0.5, 0.6) is 0 Å². The summed E-state index contributed by atoms with van der Waals surface area (Å²) in [5.41, 5.74) is 0. The summed E-state index contributed by atoms with van der Waals surface area (Å²) in [5, 5.41) is 21.1. The van der Waals surface area contributed by atoms with Crippen molar-refractivity contribution in [2.24, 2.45) is 0 Å². The number of carboxylic acid groups (broad SMARTS) is 2. The molecule has 1 aliphatic rings. The Kier molecular flexibility index (Phi) is 9.89. The van der Waals surface area contributed by atoms with Crippen LogP contribution in [0.1, 0.15) is 0 Å². The fraction of sp³-hybridized carbons (Fsp3) is 0.846. The largest absolute Gasteiger partial charge is 0.480 e. The molecule has 0 aliphatic carbocycles. The van der Waals surface area contributed by atoms with Crippen LogP contribution in [0.25, 0.3) is 0 Å². The molecule has 0 aromatic heterocycles. The minimum absolute atomic E-state index is 0.00804. The molecule has 0 unspecified atom stereocenters.